The van der Waals surface area contributed by atoms with Crippen molar-refractivity contribution in [3.05, 3.63) is 77.9 Å². The van der Waals surface area contributed by atoms with E-state index in [1.807, 2.05) is 31.2 Å². The van der Waals surface area contributed by atoms with Crippen molar-refractivity contribution in [3.8, 4) is 17.6 Å². The summed E-state index contributed by atoms with van der Waals surface area (Å²) in [5, 5.41) is 0. The molecule has 1 saturated heterocycles. The Labute approximate surface area is 165 Å². The molecule has 0 amide bonds. The summed E-state index contributed by atoms with van der Waals surface area (Å²) in [4.78, 5) is 6.74. The third-order valence-corrected chi connectivity index (χ3v) is 4.52. The highest BCUT2D eigenvalue weighted by atomic mass is 19.1. The minimum atomic E-state index is -0.314. The summed E-state index contributed by atoms with van der Waals surface area (Å²) in [6, 6.07) is 10.5. The maximum atomic E-state index is 13.7. The molecule has 0 radical (unpaired) electrons. The maximum Gasteiger partial charge on any atom is 0.165 e. The number of hydrogen-bond acceptors (Lipinski definition) is 4. The Kier molecular flexibility index (Phi) is 6.69. The van der Waals surface area contributed by atoms with E-state index < -0.39 is 0 Å². The average molecular weight is 377 g/mol. The van der Waals surface area contributed by atoms with Crippen LogP contribution in [-0.4, -0.2) is 24.2 Å². The number of hydrogen-bond donors (Lipinski definition) is 1. The summed E-state index contributed by atoms with van der Waals surface area (Å²) in [7, 11) is 0. The maximum absolute atomic E-state index is 13.7. The first kappa shape index (κ1) is 19.5. The summed E-state index contributed by atoms with van der Waals surface area (Å²) in [6.45, 7) is 3.56. The fourth-order valence-electron chi connectivity index (χ4n) is 3.03. The molecule has 2 heterocycles. The second-order valence-electron chi connectivity index (χ2n) is 6.51. The van der Waals surface area contributed by atoms with Gasteiger partial charge in [0.05, 0.1) is 0 Å². The van der Waals surface area contributed by atoms with Crippen molar-refractivity contribution in [1.29, 1.82) is 0 Å². The van der Waals surface area contributed by atoms with Gasteiger partial charge in [-0.3, -0.25) is 0 Å². The number of aromatic nitrogens is 1. The van der Waals surface area contributed by atoms with Crippen LogP contribution in [0, 0.1) is 17.7 Å². The van der Waals surface area contributed by atoms with Crippen LogP contribution >= 0.6 is 0 Å². The van der Waals surface area contributed by atoms with Gasteiger partial charge in [-0.25, -0.2) is 9.37 Å². The van der Waals surface area contributed by atoms with E-state index in [0.717, 1.165) is 42.9 Å². The number of anilines is 1. The van der Waals surface area contributed by atoms with Crippen LogP contribution in [0.4, 0.5) is 10.2 Å². The van der Waals surface area contributed by atoms with E-state index in [0.29, 0.717) is 5.75 Å². The second kappa shape index (κ2) is 9.61. The standard InChI is InChI=1S/C23H24FN3O/c1-2-5-18(16-25)8-9-19-10-11-23(26-17-19)27-14-12-20(13-15-27)28-22-7-4-3-6-21(22)24/h2-7,10-11,16-17,20H,12-15,25H2,1H3/b5-2-,18-16+. The van der Waals surface area contributed by atoms with E-state index >= 15 is 0 Å². The molecule has 1 aliphatic rings. The molecule has 0 aliphatic carbocycles. The van der Waals surface area contributed by atoms with Crippen molar-refractivity contribution in [2.75, 3.05) is 18.0 Å². The molecule has 5 heteroatoms. The molecule has 28 heavy (non-hydrogen) atoms. The fourth-order valence-corrected chi connectivity index (χ4v) is 3.03. The summed E-state index contributed by atoms with van der Waals surface area (Å²) in [5.74, 6) is 7.01. The number of nitrogens with zero attached hydrogens (tertiary/aromatic N) is 2. The van der Waals surface area contributed by atoms with Gasteiger partial charge >= 0.3 is 0 Å². The third kappa shape index (κ3) is 5.14. The molecule has 0 spiro atoms. The minimum absolute atomic E-state index is 0.0198. The van der Waals surface area contributed by atoms with Crippen LogP contribution < -0.4 is 15.4 Å². The Morgan fingerprint density at radius 3 is 2.68 bits per heavy atom. The van der Waals surface area contributed by atoms with Crippen LogP contribution in [0.3, 0.4) is 0 Å². The first-order valence-electron chi connectivity index (χ1n) is 9.38. The Hall–Kier alpha value is -3.26. The average Bonchev–Trinajstić information content (AvgIpc) is 2.74. The van der Waals surface area contributed by atoms with Crippen LogP contribution in [0.2, 0.25) is 0 Å². The Morgan fingerprint density at radius 1 is 1.25 bits per heavy atom. The van der Waals surface area contributed by atoms with Crippen molar-refractivity contribution in [3.63, 3.8) is 0 Å². The second-order valence-corrected chi connectivity index (χ2v) is 6.51. The topological polar surface area (TPSA) is 51.4 Å². The van der Waals surface area contributed by atoms with Crippen LogP contribution in [0.15, 0.2) is 66.5 Å². The van der Waals surface area contributed by atoms with Gasteiger partial charge in [0.15, 0.2) is 11.6 Å². The van der Waals surface area contributed by atoms with E-state index in [1.54, 1.807) is 24.4 Å². The number of rotatable bonds is 4. The number of allylic oxidation sites excluding steroid dienone is 3. The lowest BCUT2D eigenvalue weighted by atomic mass is 10.1. The Balaban J connectivity index is 1.56. The predicted octanol–water partition coefficient (Wildman–Crippen LogP) is 4.04. The molecule has 1 aromatic carbocycles. The van der Waals surface area contributed by atoms with Gasteiger partial charge in [-0.2, -0.15) is 0 Å². The SMILES string of the molecule is C/C=C\C(C#Cc1ccc(N2CCC(Oc3ccccc3F)CC2)nc1)=C/N. The van der Waals surface area contributed by atoms with Gasteiger partial charge in [0.2, 0.25) is 0 Å². The molecule has 0 saturated carbocycles. The number of pyridine rings is 1. The molecule has 1 aromatic heterocycles. The molecular weight excluding hydrogens is 353 g/mol. The molecule has 0 atom stereocenters. The first-order valence-corrected chi connectivity index (χ1v) is 9.38. The van der Waals surface area contributed by atoms with Crippen molar-refractivity contribution in [1.82, 2.24) is 4.98 Å². The zero-order valence-corrected chi connectivity index (χ0v) is 15.9. The van der Waals surface area contributed by atoms with Crippen LogP contribution in [0.25, 0.3) is 0 Å². The summed E-state index contributed by atoms with van der Waals surface area (Å²) >= 11 is 0. The van der Waals surface area contributed by atoms with E-state index in [-0.39, 0.29) is 11.9 Å². The number of halogens is 1. The molecule has 144 valence electrons. The molecule has 2 N–H and O–H groups in total. The van der Waals surface area contributed by atoms with Crippen LogP contribution in [-0.2, 0) is 0 Å². The number of benzene rings is 1. The highest BCUT2D eigenvalue weighted by Crippen LogP contribution is 2.23. The van der Waals surface area contributed by atoms with Crippen molar-refractivity contribution < 1.29 is 9.13 Å². The van der Waals surface area contributed by atoms with Gasteiger partial charge in [0.25, 0.3) is 0 Å². The molecule has 1 fully saturated rings. The van der Waals surface area contributed by atoms with Gasteiger partial charge in [-0.15, -0.1) is 0 Å². The molecule has 4 nitrogen and oxygen atoms in total. The quantitative estimate of drug-likeness (QED) is 0.645. The molecule has 2 aromatic rings. The fraction of sp³-hybridized carbons (Fsp3) is 0.261. The lowest BCUT2D eigenvalue weighted by molar-refractivity contribution is 0.163. The van der Waals surface area contributed by atoms with E-state index in [1.165, 1.54) is 12.3 Å². The molecule has 1 aliphatic heterocycles. The lowest BCUT2D eigenvalue weighted by Crippen LogP contribution is -2.38. The van der Waals surface area contributed by atoms with Gasteiger partial charge in [0.1, 0.15) is 11.9 Å². The van der Waals surface area contributed by atoms with Crippen LogP contribution in [0.1, 0.15) is 25.3 Å². The molecular formula is C23H24FN3O. The predicted molar refractivity (Wildman–Crippen MR) is 110 cm³/mol. The zero-order chi connectivity index (χ0) is 19.8. The first-order chi connectivity index (χ1) is 13.7. The molecule has 0 unspecified atom stereocenters. The number of para-hydroxylation sites is 1. The number of ether oxygens (including phenoxy) is 1. The van der Waals surface area contributed by atoms with Gasteiger partial charge in [-0.1, -0.05) is 30.0 Å². The summed E-state index contributed by atoms with van der Waals surface area (Å²) in [6.07, 6.45) is 8.69. The Morgan fingerprint density at radius 2 is 2.04 bits per heavy atom. The monoisotopic (exact) mass is 377 g/mol. The normalized spacial score (nSPS) is 15.4. The summed E-state index contributed by atoms with van der Waals surface area (Å²) in [5.41, 5.74) is 7.15. The van der Waals surface area contributed by atoms with Crippen molar-refractivity contribution in [2.45, 2.75) is 25.9 Å². The van der Waals surface area contributed by atoms with Crippen molar-refractivity contribution in [2.24, 2.45) is 5.73 Å². The van der Waals surface area contributed by atoms with Crippen LogP contribution in [0.5, 0.6) is 5.75 Å². The largest absolute Gasteiger partial charge is 0.487 e. The third-order valence-electron chi connectivity index (χ3n) is 4.52. The highest BCUT2D eigenvalue weighted by Gasteiger charge is 2.22. The highest BCUT2D eigenvalue weighted by molar-refractivity contribution is 5.47. The van der Waals surface area contributed by atoms with Crippen molar-refractivity contribution >= 4 is 5.82 Å². The van der Waals surface area contributed by atoms with E-state index in [4.69, 9.17) is 10.5 Å². The van der Waals surface area contributed by atoms with Gasteiger partial charge in [0, 0.05) is 49.5 Å². The zero-order valence-electron chi connectivity index (χ0n) is 15.9. The number of nitrogens with two attached hydrogens (primary N) is 1. The lowest BCUT2D eigenvalue weighted by Gasteiger charge is -2.33. The summed E-state index contributed by atoms with van der Waals surface area (Å²) < 4.78 is 19.5. The Bertz CT molecular complexity index is 901. The number of piperidine rings is 1. The van der Waals surface area contributed by atoms with E-state index in [2.05, 4.69) is 21.7 Å². The van der Waals surface area contributed by atoms with E-state index in [9.17, 15) is 4.39 Å². The smallest absolute Gasteiger partial charge is 0.165 e. The van der Waals surface area contributed by atoms with Gasteiger partial charge in [-0.05, 0) is 37.3 Å². The molecule has 0 bridgehead atoms. The molecule has 3 rings (SSSR count). The van der Waals surface area contributed by atoms with Gasteiger partial charge < -0.3 is 15.4 Å². The minimum Gasteiger partial charge on any atom is -0.487 e.